The van der Waals surface area contributed by atoms with Crippen molar-refractivity contribution in [2.45, 2.75) is 86.7 Å². The standard InChI is InChI=1S/C27H44N6O11S/c1-4-30-20(12(2)34)26(43)31-11-14(35)6-8-19(39)32-22(24(41)23(40)13-5-7-15(36)17(45)9-13)27(44)33-21(25(42)29-3)16(37)10-18(28)38/h5,7,9,12,14,16,20-24,30,34-37,40-41,45H,4,6,8,10-11H2,1-3H3,(H2,28,38)(H,29,42)(H,31,43)(H,32,39)(H,33,44)/t12-,14-,16-,20?,21?,22?,23+,24+/m1/s1. The average Bonchev–Trinajstić information content (AvgIpc) is 2.98. The van der Waals surface area contributed by atoms with E-state index in [0.29, 0.717) is 6.54 Å². The van der Waals surface area contributed by atoms with E-state index in [1.54, 1.807) is 6.92 Å². The number of nitrogens with two attached hydrogens (primary N) is 1. The lowest BCUT2D eigenvalue weighted by atomic mass is 9.96. The summed E-state index contributed by atoms with van der Waals surface area (Å²) in [6, 6.07) is -1.03. The number of hydrogen-bond acceptors (Lipinski definition) is 13. The number of phenols is 1. The molecule has 0 aliphatic heterocycles. The molecule has 5 amide bonds. The van der Waals surface area contributed by atoms with Gasteiger partial charge in [0.05, 0.1) is 24.7 Å². The summed E-state index contributed by atoms with van der Waals surface area (Å²) in [4.78, 5) is 62.1. The first-order chi connectivity index (χ1) is 21.0. The Bertz CT molecular complexity index is 1170. The number of carbonyl (C=O) groups is 5. The molecule has 17 nitrogen and oxygen atoms in total. The van der Waals surface area contributed by atoms with Crippen molar-refractivity contribution >= 4 is 42.2 Å². The molecule has 3 unspecified atom stereocenters. The second kappa shape index (κ2) is 19.1. The molecular formula is C27H44N6O11S. The van der Waals surface area contributed by atoms with E-state index in [1.807, 2.05) is 0 Å². The number of aromatic hydroxyl groups is 1. The van der Waals surface area contributed by atoms with Crippen molar-refractivity contribution in [3.05, 3.63) is 23.8 Å². The number of aliphatic hydroxyl groups is 5. The third kappa shape index (κ3) is 12.8. The van der Waals surface area contributed by atoms with Gasteiger partial charge in [0.15, 0.2) is 0 Å². The van der Waals surface area contributed by atoms with Gasteiger partial charge in [-0.2, -0.15) is 0 Å². The molecule has 0 bridgehead atoms. The Balaban J connectivity index is 3.11. The van der Waals surface area contributed by atoms with E-state index < -0.39 is 91.0 Å². The molecule has 0 heterocycles. The fourth-order valence-electron chi connectivity index (χ4n) is 4.14. The van der Waals surface area contributed by atoms with Crippen LogP contribution >= 0.6 is 12.6 Å². The molecule has 8 atom stereocenters. The molecule has 1 aromatic rings. The topological polar surface area (TPSA) is 293 Å². The highest BCUT2D eigenvalue weighted by Gasteiger charge is 2.38. The number of primary amides is 1. The lowest BCUT2D eigenvalue weighted by Gasteiger charge is -2.30. The first-order valence-corrected chi connectivity index (χ1v) is 14.5. The summed E-state index contributed by atoms with van der Waals surface area (Å²) in [6.07, 6.45) is -9.33. The number of hydrogen-bond donors (Lipinski definition) is 13. The van der Waals surface area contributed by atoms with Crippen LogP contribution in [0.5, 0.6) is 5.75 Å². The third-order valence-electron chi connectivity index (χ3n) is 6.63. The predicted molar refractivity (Wildman–Crippen MR) is 161 cm³/mol. The molecule has 1 aromatic carbocycles. The van der Waals surface area contributed by atoms with Crippen LogP contribution in [-0.4, -0.2) is 123 Å². The van der Waals surface area contributed by atoms with Crippen molar-refractivity contribution in [1.82, 2.24) is 26.6 Å². The minimum Gasteiger partial charge on any atom is -0.507 e. The zero-order valence-electron chi connectivity index (χ0n) is 25.1. The molecule has 13 N–H and O–H groups in total. The van der Waals surface area contributed by atoms with Crippen LogP contribution in [0.1, 0.15) is 44.8 Å². The van der Waals surface area contributed by atoms with Gasteiger partial charge in [0.25, 0.3) is 0 Å². The number of rotatable bonds is 19. The van der Waals surface area contributed by atoms with Gasteiger partial charge in [0.2, 0.25) is 29.5 Å². The van der Waals surface area contributed by atoms with Crippen molar-refractivity contribution in [1.29, 1.82) is 0 Å². The molecule has 0 aromatic heterocycles. The van der Waals surface area contributed by atoms with E-state index in [4.69, 9.17) is 5.73 Å². The maximum absolute atomic E-state index is 13.3. The molecule has 0 fully saturated rings. The SMILES string of the molecule is CCNC(C(=O)NC[C@H](O)CCC(=O)NC(C(=O)NC(C(=O)NC)[C@H](O)CC(N)=O)[C@H](O)[C@@H](O)c1ccc(O)c(S)c1)[C@@H](C)O. The molecular weight excluding hydrogens is 616 g/mol. The Kier molecular flexibility index (Phi) is 16.8. The zero-order chi connectivity index (χ0) is 34.4. The largest absolute Gasteiger partial charge is 0.507 e. The molecule has 0 saturated heterocycles. The van der Waals surface area contributed by atoms with Crippen LogP contribution in [0.15, 0.2) is 23.1 Å². The van der Waals surface area contributed by atoms with Crippen LogP contribution in [0.25, 0.3) is 0 Å². The molecule has 0 aliphatic rings. The summed E-state index contributed by atoms with van der Waals surface area (Å²) in [7, 11) is 1.19. The molecule has 0 spiro atoms. The van der Waals surface area contributed by atoms with Gasteiger partial charge in [-0.3, -0.25) is 24.0 Å². The van der Waals surface area contributed by atoms with E-state index in [-0.39, 0.29) is 29.2 Å². The maximum Gasteiger partial charge on any atom is 0.246 e. The molecule has 45 heavy (non-hydrogen) atoms. The molecule has 18 heteroatoms. The second-order valence-electron chi connectivity index (χ2n) is 10.3. The fourth-order valence-corrected chi connectivity index (χ4v) is 4.37. The summed E-state index contributed by atoms with van der Waals surface area (Å²) in [5, 5.41) is 73.7. The zero-order valence-corrected chi connectivity index (χ0v) is 26.0. The quantitative estimate of drug-likeness (QED) is 0.0627. The number of benzene rings is 1. The predicted octanol–water partition coefficient (Wildman–Crippen LogP) is -4.36. The van der Waals surface area contributed by atoms with Crippen LogP contribution in [-0.2, 0) is 24.0 Å². The van der Waals surface area contributed by atoms with Crippen LogP contribution in [0.3, 0.4) is 0 Å². The Hall–Kier alpha value is -3.52. The van der Waals surface area contributed by atoms with E-state index in [1.165, 1.54) is 32.2 Å². The maximum atomic E-state index is 13.3. The van der Waals surface area contributed by atoms with Gasteiger partial charge in [-0.15, -0.1) is 12.6 Å². The third-order valence-corrected chi connectivity index (χ3v) is 6.99. The van der Waals surface area contributed by atoms with Gasteiger partial charge in [-0.25, -0.2) is 0 Å². The van der Waals surface area contributed by atoms with Gasteiger partial charge in [0, 0.05) is 24.9 Å². The smallest absolute Gasteiger partial charge is 0.246 e. The Morgan fingerprint density at radius 3 is 2.11 bits per heavy atom. The van der Waals surface area contributed by atoms with Crippen molar-refractivity contribution in [2.24, 2.45) is 5.73 Å². The van der Waals surface area contributed by atoms with Gasteiger partial charge >= 0.3 is 0 Å². The van der Waals surface area contributed by atoms with E-state index in [9.17, 15) is 54.6 Å². The minimum absolute atomic E-state index is 0.00630. The lowest BCUT2D eigenvalue weighted by molar-refractivity contribution is -0.139. The molecule has 0 saturated carbocycles. The molecule has 0 radical (unpaired) electrons. The summed E-state index contributed by atoms with van der Waals surface area (Å²) in [5.74, 6) is -4.87. The number of amides is 5. The van der Waals surface area contributed by atoms with Gasteiger partial charge < -0.3 is 63.0 Å². The minimum atomic E-state index is -2.07. The first-order valence-electron chi connectivity index (χ1n) is 14.1. The lowest BCUT2D eigenvalue weighted by Crippen LogP contribution is -2.61. The van der Waals surface area contributed by atoms with E-state index >= 15 is 0 Å². The Morgan fingerprint density at radius 1 is 0.933 bits per heavy atom. The Morgan fingerprint density at radius 2 is 1.58 bits per heavy atom. The number of nitrogens with one attached hydrogen (secondary N) is 5. The number of aliphatic hydroxyl groups excluding tert-OH is 5. The van der Waals surface area contributed by atoms with Crippen LogP contribution < -0.4 is 32.3 Å². The number of carbonyl (C=O) groups excluding carboxylic acids is 5. The highest BCUT2D eigenvalue weighted by Crippen LogP contribution is 2.27. The van der Waals surface area contributed by atoms with Crippen LogP contribution in [0.2, 0.25) is 0 Å². The average molecular weight is 661 g/mol. The van der Waals surface area contributed by atoms with Gasteiger partial charge in [-0.05, 0) is 37.6 Å². The first kappa shape index (κ1) is 39.5. The van der Waals surface area contributed by atoms with Crippen molar-refractivity contribution in [3.8, 4) is 5.75 Å². The summed E-state index contributed by atoms with van der Waals surface area (Å²) in [6.45, 7) is 3.28. The number of likely N-dealkylation sites (N-methyl/N-ethyl adjacent to an activating group) is 2. The Labute approximate surface area is 265 Å². The van der Waals surface area contributed by atoms with Gasteiger partial charge in [-0.1, -0.05) is 13.0 Å². The highest BCUT2D eigenvalue weighted by atomic mass is 32.1. The van der Waals surface area contributed by atoms with Crippen molar-refractivity contribution in [2.75, 3.05) is 20.1 Å². The van der Waals surface area contributed by atoms with Crippen molar-refractivity contribution in [3.63, 3.8) is 0 Å². The summed E-state index contributed by atoms with van der Waals surface area (Å²) < 4.78 is 0. The highest BCUT2D eigenvalue weighted by molar-refractivity contribution is 7.80. The molecule has 0 aliphatic carbocycles. The number of phenolic OH excluding ortho intramolecular Hbond substituents is 1. The summed E-state index contributed by atoms with van der Waals surface area (Å²) >= 11 is 4.05. The van der Waals surface area contributed by atoms with Gasteiger partial charge in [0.1, 0.15) is 36.1 Å². The molecule has 254 valence electrons. The van der Waals surface area contributed by atoms with E-state index in [2.05, 4.69) is 39.2 Å². The number of thiol groups is 1. The second-order valence-corrected chi connectivity index (χ2v) is 10.8. The molecule has 1 rings (SSSR count). The van der Waals surface area contributed by atoms with E-state index in [0.717, 1.165) is 0 Å². The van der Waals surface area contributed by atoms with Crippen LogP contribution in [0.4, 0.5) is 0 Å². The fraction of sp³-hybridized carbons (Fsp3) is 0.593. The normalized spacial score (nSPS) is 16.6. The van der Waals surface area contributed by atoms with Crippen molar-refractivity contribution < 1.29 is 54.6 Å². The summed E-state index contributed by atoms with van der Waals surface area (Å²) in [5.41, 5.74) is 5.08. The van der Waals surface area contributed by atoms with Crippen LogP contribution in [0, 0.1) is 0 Å². The monoisotopic (exact) mass is 660 g/mol.